The van der Waals surface area contributed by atoms with Gasteiger partial charge >= 0.3 is 0 Å². The average Bonchev–Trinajstić information content (AvgIpc) is 2.83. The van der Waals surface area contributed by atoms with E-state index in [1.54, 1.807) is 0 Å². The molecule has 1 amide bonds. The first-order valence-electron chi connectivity index (χ1n) is 6.70. The van der Waals surface area contributed by atoms with Crippen LogP contribution in [0.1, 0.15) is 24.2 Å². The lowest BCUT2D eigenvalue weighted by Crippen LogP contribution is -2.33. The Balaban J connectivity index is 0.00000200. The number of carbonyl (C=O) groups excluding carboxylic acids is 1. The Kier molecular flexibility index (Phi) is 5.98. The van der Waals surface area contributed by atoms with Crippen molar-refractivity contribution in [1.82, 2.24) is 15.1 Å². The fraction of sp³-hybridized carbons (Fsp3) is 0.692. The number of hydrogen-bond acceptors (Lipinski definition) is 4. The van der Waals surface area contributed by atoms with Crippen LogP contribution in [-0.4, -0.2) is 39.5 Å². The van der Waals surface area contributed by atoms with Crippen LogP contribution in [0.15, 0.2) is 6.07 Å². The van der Waals surface area contributed by atoms with Crippen molar-refractivity contribution in [3.05, 3.63) is 17.5 Å². The predicted octanol–water partition coefficient (Wildman–Crippen LogP) is 0.136. The van der Waals surface area contributed by atoms with E-state index in [1.807, 2.05) is 24.6 Å². The summed E-state index contributed by atoms with van der Waals surface area (Å²) in [7, 11) is 0. The zero-order valence-electron chi connectivity index (χ0n) is 11.9. The highest BCUT2D eigenvalue weighted by Crippen LogP contribution is 2.24. The molecule has 4 N–H and O–H groups in total. The molecule has 1 heterocycles. The zero-order chi connectivity index (χ0) is 14.0. The van der Waals surface area contributed by atoms with E-state index in [-0.39, 0.29) is 30.3 Å². The summed E-state index contributed by atoms with van der Waals surface area (Å²) >= 11 is 0. The lowest BCUT2D eigenvalue weighted by atomic mass is 10.1. The lowest BCUT2D eigenvalue weighted by molar-refractivity contribution is -0.125. The van der Waals surface area contributed by atoms with Crippen LogP contribution in [0.5, 0.6) is 0 Å². The van der Waals surface area contributed by atoms with Gasteiger partial charge in [0.2, 0.25) is 5.91 Å². The van der Waals surface area contributed by atoms with E-state index in [2.05, 4.69) is 10.4 Å². The number of nitrogens with two attached hydrogens (primary N) is 1. The maximum absolute atomic E-state index is 11.9. The molecule has 20 heavy (non-hydrogen) atoms. The summed E-state index contributed by atoms with van der Waals surface area (Å²) in [4.78, 5) is 11.9. The Bertz CT molecular complexity index is 453. The van der Waals surface area contributed by atoms with E-state index < -0.39 is 6.10 Å². The van der Waals surface area contributed by atoms with Gasteiger partial charge in [-0.2, -0.15) is 5.10 Å². The van der Waals surface area contributed by atoms with Crippen molar-refractivity contribution in [3.8, 4) is 0 Å². The van der Waals surface area contributed by atoms with Gasteiger partial charge in [-0.15, -0.1) is 12.4 Å². The van der Waals surface area contributed by atoms with Gasteiger partial charge in [0.15, 0.2) is 0 Å². The molecule has 0 bridgehead atoms. The van der Waals surface area contributed by atoms with Gasteiger partial charge in [0, 0.05) is 24.2 Å². The summed E-state index contributed by atoms with van der Waals surface area (Å²) in [6.45, 7) is 5.15. The molecule has 1 fully saturated rings. The SMILES string of the molecule is Cc1cc(C)n(CCNC(=O)[C@H]2C[C@@H](N)[C@H](O)C2)n1.Cl. The molecule has 1 aliphatic rings. The van der Waals surface area contributed by atoms with Crippen LogP contribution < -0.4 is 11.1 Å². The standard InChI is InChI=1S/C13H22N4O2.ClH/c1-8-5-9(2)17(16-8)4-3-15-13(19)10-6-11(14)12(18)7-10;/h5,10-12,18H,3-4,6-7,14H2,1-2H3,(H,15,19);1H/t10-,11+,12+;/m0./s1. The van der Waals surface area contributed by atoms with Gasteiger partial charge in [0.25, 0.3) is 0 Å². The molecule has 0 saturated heterocycles. The van der Waals surface area contributed by atoms with E-state index in [4.69, 9.17) is 5.73 Å². The molecular formula is C13H23ClN4O2. The van der Waals surface area contributed by atoms with Crippen LogP contribution in [0.4, 0.5) is 0 Å². The van der Waals surface area contributed by atoms with Crippen molar-refractivity contribution in [2.24, 2.45) is 11.7 Å². The van der Waals surface area contributed by atoms with Gasteiger partial charge in [-0.05, 0) is 32.8 Å². The minimum atomic E-state index is -0.549. The number of aliphatic hydroxyl groups is 1. The maximum atomic E-state index is 11.9. The molecule has 0 radical (unpaired) electrons. The number of nitrogens with zero attached hydrogens (tertiary/aromatic N) is 2. The van der Waals surface area contributed by atoms with Crippen molar-refractivity contribution in [2.75, 3.05) is 6.54 Å². The fourth-order valence-electron chi connectivity index (χ4n) is 2.59. The molecule has 2 rings (SSSR count). The molecule has 1 aromatic rings. The number of carbonyl (C=O) groups is 1. The fourth-order valence-corrected chi connectivity index (χ4v) is 2.59. The van der Waals surface area contributed by atoms with Crippen LogP contribution in [0.3, 0.4) is 0 Å². The highest BCUT2D eigenvalue weighted by molar-refractivity contribution is 5.85. The van der Waals surface area contributed by atoms with Gasteiger partial charge in [0.1, 0.15) is 0 Å². The highest BCUT2D eigenvalue weighted by atomic mass is 35.5. The second-order valence-corrected chi connectivity index (χ2v) is 5.34. The Hall–Kier alpha value is -1.11. The first-order chi connectivity index (χ1) is 8.97. The monoisotopic (exact) mass is 302 g/mol. The third-order valence-electron chi connectivity index (χ3n) is 3.67. The van der Waals surface area contributed by atoms with Crippen LogP contribution >= 0.6 is 12.4 Å². The minimum absolute atomic E-state index is 0. The number of amides is 1. The van der Waals surface area contributed by atoms with Crippen LogP contribution in [0.25, 0.3) is 0 Å². The predicted molar refractivity (Wildman–Crippen MR) is 78.7 cm³/mol. The smallest absolute Gasteiger partial charge is 0.223 e. The van der Waals surface area contributed by atoms with Crippen molar-refractivity contribution in [3.63, 3.8) is 0 Å². The number of rotatable bonds is 4. The highest BCUT2D eigenvalue weighted by Gasteiger charge is 2.34. The third-order valence-corrected chi connectivity index (χ3v) is 3.67. The molecule has 0 unspecified atom stereocenters. The summed E-state index contributed by atoms with van der Waals surface area (Å²) < 4.78 is 1.88. The second-order valence-electron chi connectivity index (χ2n) is 5.34. The van der Waals surface area contributed by atoms with E-state index in [1.165, 1.54) is 0 Å². The molecule has 0 aliphatic heterocycles. The summed E-state index contributed by atoms with van der Waals surface area (Å²) in [5, 5.41) is 16.8. The second kappa shape index (κ2) is 7.06. The number of aliphatic hydroxyl groups excluding tert-OH is 1. The molecule has 6 nitrogen and oxygen atoms in total. The van der Waals surface area contributed by atoms with E-state index >= 15 is 0 Å². The lowest BCUT2D eigenvalue weighted by Gasteiger charge is -2.11. The van der Waals surface area contributed by atoms with Crippen molar-refractivity contribution >= 4 is 18.3 Å². The normalized spacial score (nSPS) is 25.3. The Morgan fingerprint density at radius 1 is 1.55 bits per heavy atom. The van der Waals surface area contributed by atoms with Gasteiger partial charge < -0.3 is 16.2 Å². The van der Waals surface area contributed by atoms with Crippen LogP contribution in [0, 0.1) is 19.8 Å². The summed E-state index contributed by atoms with van der Waals surface area (Å²) in [6.07, 6.45) is 0.478. The van der Waals surface area contributed by atoms with E-state index in [0.717, 1.165) is 11.4 Å². The summed E-state index contributed by atoms with van der Waals surface area (Å²) in [5.74, 6) is -0.181. The van der Waals surface area contributed by atoms with Gasteiger partial charge in [-0.25, -0.2) is 0 Å². The molecule has 0 spiro atoms. The first kappa shape index (κ1) is 16.9. The van der Waals surface area contributed by atoms with E-state index in [9.17, 15) is 9.90 Å². The quantitative estimate of drug-likeness (QED) is 0.737. The van der Waals surface area contributed by atoms with Crippen molar-refractivity contribution in [1.29, 1.82) is 0 Å². The zero-order valence-corrected chi connectivity index (χ0v) is 12.7. The van der Waals surface area contributed by atoms with Gasteiger partial charge in [-0.3, -0.25) is 9.48 Å². The molecule has 1 aromatic heterocycles. The van der Waals surface area contributed by atoms with Crippen molar-refractivity contribution < 1.29 is 9.90 Å². The largest absolute Gasteiger partial charge is 0.391 e. The number of aromatic nitrogens is 2. The van der Waals surface area contributed by atoms with Crippen LogP contribution in [-0.2, 0) is 11.3 Å². The molecule has 1 saturated carbocycles. The minimum Gasteiger partial charge on any atom is -0.391 e. The van der Waals surface area contributed by atoms with Crippen LogP contribution in [0.2, 0.25) is 0 Å². The van der Waals surface area contributed by atoms with Gasteiger partial charge in [0.05, 0.1) is 18.3 Å². The maximum Gasteiger partial charge on any atom is 0.223 e. The number of halogens is 1. The summed E-state index contributed by atoms with van der Waals surface area (Å²) in [6, 6.07) is 1.74. The number of nitrogens with one attached hydrogen (secondary N) is 1. The Morgan fingerprint density at radius 3 is 2.75 bits per heavy atom. The molecule has 7 heteroatoms. The molecule has 3 atom stereocenters. The number of aryl methyl sites for hydroxylation is 2. The van der Waals surface area contributed by atoms with Crippen molar-refractivity contribution in [2.45, 2.75) is 45.4 Å². The number of hydrogen-bond donors (Lipinski definition) is 3. The molecule has 1 aliphatic carbocycles. The van der Waals surface area contributed by atoms with E-state index in [0.29, 0.717) is 25.9 Å². The Labute approximate surface area is 125 Å². The molecular weight excluding hydrogens is 280 g/mol. The Morgan fingerprint density at radius 2 is 2.25 bits per heavy atom. The van der Waals surface area contributed by atoms with Gasteiger partial charge in [-0.1, -0.05) is 0 Å². The summed E-state index contributed by atoms with van der Waals surface area (Å²) in [5.41, 5.74) is 7.77. The molecule has 0 aromatic carbocycles. The third kappa shape index (κ3) is 3.94. The topological polar surface area (TPSA) is 93.2 Å². The first-order valence-corrected chi connectivity index (χ1v) is 6.70. The average molecular weight is 303 g/mol. The molecule has 114 valence electrons.